The highest BCUT2D eigenvalue weighted by atomic mass is 16.6. The Morgan fingerprint density at radius 3 is 2.93 bits per heavy atom. The lowest BCUT2D eigenvalue weighted by Crippen LogP contribution is -2.31. The number of ether oxygens (including phenoxy) is 2. The molecule has 2 rings (SSSR count). The third kappa shape index (κ3) is 1.99. The molecule has 1 aromatic rings. The summed E-state index contributed by atoms with van der Waals surface area (Å²) in [7, 11) is 1.94. The molecule has 3 heteroatoms. The Labute approximate surface area is 84.0 Å². The highest BCUT2D eigenvalue weighted by Gasteiger charge is 2.19. The fraction of sp³-hybridized carbons (Fsp3) is 0.455. The van der Waals surface area contributed by atoms with Gasteiger partial charge in [-0.2, -0.15) is 0 Å². The fourth-order valence-corrected chi connectivity index (χ4v) is 1.51. The first-order valence-corrected chi connectivity index (χ1v) is 4.93. The van der Waals surface area contributed by atoms with E-state index in [0.717, 1.165) is 24.5 Å². The van der Waals surface area contributed by atoms with Crippen LogP contribution in [0.3, 0.4) is 0 Å². The van der Waals surface area contributed by atoms with Crippen LogP contribution in [0.15, 0.2) is 24.3 Å². The molecule has 1 unspecified atom stereocenters. The Kier molecular flexibility index (Phi) is 2.89. The molecule has 76 valence electrons. The van der Waals surface area contributed by atoms with Crippen LogP contribution in [0.25, 0.3) is 0 Å². The molecule has 1 heterocycles. The minimum Gasteiger partial charge on any atom is -0.486 e. The number of hydrogen-bond acceptors (Lipinski definition) is 3. The average molecular weight is 193 g/mol. The quantitative estimate of drug-likeness (QED) is 0.787. The number of para-hydroxylation sites is 2. The SMILES string of the molecule is CNCCC1COc2ccccc2O1. The summed E-state index contributed by atoms with van der Waals surface area (Å²) in [6, 6.07) is 7.79. The molecule has 1 atom stereocenters. The summed E-state index contributed by atoms with van der Waals surface area (Å²) in [5.41, 5.74) is 0. The van der Waals surface area contributed by atoms with Gasteiger partial charge in [-0.05, 0) is 25.7 Å². The molecule has 1 N–H and O–H groups in total. The highest BCUT2D eigenvalue weighted by Crippen LogP contribution is 2.31. The number of rotatable bonds is 3. The molecule has 1 aromatic carbocycles. The van der Waals surface area contributed by atoms with Crippen molar-refractivity contribution in [3.05, 3.63) is 24.3 Å². The molecule has 0 saturated heterocycles. The van der Waals surface area contributed by atoms with Gasteiger partial charge in [0.05, 0.1) is 0 Å². The second-order valence-corrected chi connectivity index (χ2v) is 3.39. The molecule has 0 aromatic heterocycles. The van der Waals surface area contributed by atoms with E-state index >= 15 is 0 Å². The third-order valence-electron chi connectivity index (χ3n) is 2.28. The van der Waals surface area contributed by atoms with Crippen molar-refractivity contribution in [2.75, 3.05) is 20.2 Å². The van der Waals surface area contributed by atoms with E-state index in [0.29, 0.717) is 6.61 Å². The summed E-state index contributed by atoms with van der Waals surface area (Å²) in [5.74, 6) is 1.72. The maximum Gasteiger partial charge on any atom is 0.161 e. The number of fused-ring (bicyclic) bond motifs is 1. The van der Waals surface area contributed by atoms with Gasteiger partial charge in [-0.3, -0.25) is 0 Å². The number of nitrogens with one attached hydrogen (secondary N) is 1. The van der Waals surface area contributed by atoms with Crippen LogP contribution in [0.2, 0.25) is 0 Å². The van der Waals surface area contributed by atoms with Crippen LogP contribution in [0.1, 0.15) is 6.42 Å². The highest BCUT2D eigenvalue weighted by molar-refractivity contribution is 5.40. The number of hydrogen-bond donors (Lipinski definition) is 1. The summed E-state index contributed by atoms with van der Waals surface area (Å²) in [6.45, 7) is 1.61. The zero-order chi connectivity index (χ0) is 9.80. The van der Waals surface area contributed by atoms with Crippen molar-refractivity contribution in [2.45, 2.75) is 12.5 Å². The van der Waals surface area contributed by atoms with Crippen molar-refractivity contribution in [1.29, 1.82) is 0 Å². The van der Waals surface area contributed by atoms with Gasteiger partial charge in [0.15, 0.2) is 11.5 Å². The van der Waals surface area contributed by atoms with Gasteiger partial charge in [0.25, 0.3) is 0 Å². The van der Waals surface area contributed by atoms with E-state index in [9.17, 15) is 0 Å². The van der Waals surface area contributed by atoms with Gasteiger partial charge in [-0.1, -0.05) is 12.1 Å². The fourth-order valence-electron chi connectivity index (χ4n) is 1.51. The minimum absolute atomic E-state index is 0.178. The van der Waals surface area contributed by atoms with E-state index in [4.69, 9.17) is 9.47 Å². The zero-order valence-electron chi connectivity index (χ0n) is 8.32. The first kappa shape index (κ1) is 9.34. The lowest BCUT2D eigenvalue weighted by atomic mass is 10.2. The van der Waals surface area contributed by atoms with Gasteiger partial charge < -0.3 is 14.8 Å². The lowest BCUT2D eigenvalue weighted by molar-refractivity contribution is 0.0853. The second kappa shape index (κ2) is 4.33. The van der Waals surface area contributed by atoms with Gasteiger partial charge >= 0.3 is 0 Å². The molecule has 0 spiro atoms. The summed E-state index contributed by atoms with van der Waals surface area (Å²) >= 11 is 0. The van der Waals surface area contributed by atoms with E-state index in [1.807, 2.05) is 31.3 Å². The van der Waals surface area contributed by atoms with E-state index in [1.54, 1.807) is 0 Å². The summed E-state index contributed by atoms with van der Waals surface area (Å²) in [5, 5.41) is 3.10. The second-order valence-electron chi connectivity index (χ2n) is 3.39. The Hall–Kier alpha value is -1.22. The van der Waals surface area contributed by atoms with Crippen LogP contribution < -0.4 is 14.8 Å². The molecular formula is C11H15NO2. The van der Waals surface area contributed by atoms with Crippen LogP contribution in [-0.4, -0.2) is 26.3 Å². The van der Waals surface area contributed by atoms with E-state index in [-0.39, 0.29) is 6.10 Å². The topological polar surface area (TPSA) is 30.5 Å². The van der Waals surface area contributed by atoms with Crippen molar-refractivity contribution in [3.63, 3.8) is 0 Å². The first-order chi connectivity index (χ1) is 6.90. The van der Waals surface area contributed by atoms with Crippen molar-refractivity contribution >= 4 is 0 Å². The van der Waals surface area contributed by atoms with Gasteiger partial charge in [-0.15, -0.1) is 0 Å². The Morgan fingerprint density at radius 1 is 1.36 bits per heavy atom. The molecule has 14 heavy (non-hydrogen) atoms. The molecule has 3 nitrogen and oxygen atoms in total. The third-order valence-corrected chi connectivity index (χ3v) is 2.28. The van der Waals surface area contributed by atoms with E-state index < -0.39 is 0 Å². The van der Waals surface area contributed by atoms with Crippen LogP contribution in [0.4, 0.5) is 0 Å². The van der Waals surface area contributed by atoms with Crippen molar-refractivity contribution < 1.29 is 9.47 Å². The van der Waals surface area contributed by atoms with Crippen molar-refractivity contribution in [3.8, 4) is 11.5 Å². The Morgan fingerprint density at radius 2 is 2.14 bits per heavy atom. The first-order valence-electron chi connectivity index (χ1n) is 4.93. The van der Waals surface area contributed by atoms with Gasteiger partial charge in [0, 0.05) is 6.42 Å². The van der Waals surface area contributed by atoms with Gasteiger partial charge in [-0.25, -0.2) is 0 Å². The smallest absolute Gasteiger partial charge is 0.161 e. The monoisotopic (exact) mass is 193 g/mol. The molecule has 1 aliphatic heterocycles. The maximum absolute atomic E-state index is 5.77. The van der Waals surface area contributed by atoms with E-state index in [2.05, 4.69) is 5.32 Å². The molecule has 0 bridgehead atoms. The average Bonchev–Trinajstić information content (AvgIpc) is 2.26. The Balaban J connectivity index is 1.99. The largest absolute Gasteiger partial charge is 0.486 e. The summed E-state index contributed by atoms with van der Waals surface area (Å²) in [6.07, 6.45) is 1.16. The molecule has 1 aliphatic rings. The Bertz CT molecular complexity index is 301. The standard InChI is InChI=1S/C11H15NO2/c1-12-7-6-9-8-13-10-4-2-3-5-11(10)14-9/h2-5,9,12H,6-8H2,1H3. The normalized spacial score (nSPS) is 19.4. The molecular weight excluding hydrogens is 178 g/mol. The molecule has 0 radical (unpaired) electrons. The minimum atomic E-state index is 0.178. The lowest BCUT2D eigenvalue weighted by Gasteiger charge is -2.26. The van der Waals surface area contributed by atoms with Gasteiger partial charge in [0.1, 0.15) is 12.7 Å². The molecule has 0 aliphatic carbocycles. The zero-order valence-corrected chi connectivity index (χ0v) is 8.32. The predicted octanol–water partition coefficient (Wildman–Crippen LogP) is 1.44. The molecule has 0 saturated carbocycles. The van der Waals surface area contributed by atoms with Crippen LogP contribution in [0.5, 0.6) is 11.5 Å². The van der Waals surface area contributed by atoms with Crippen molar-refractivity contribution in [2.24, 2.45) is 0 Å². The maximum atomic E-state index is 5.77. The summed E-state index contributed by atoms with van der Waals surface area (Å²) in [4.78, 5) is 0. The molecule has 0 fully saturated rings. The van der Waals surface area contributed by atoms with Crippen molar-refractivity contribution in [1.82, 2.24) is 5.32 Å². The van der Waals surface area contributed by atoms with Gasteiger partial charge in [0.2, 0.25) is 0 Å². The summed E-state index contributed by atoms with van der Waals surface area (Å²) < 4.78 is 11.3. The van der Waals surface area contributed by atoms with E-state index in [1.165, 1.54) is 0 Å². The van der Waals surface area contributed by atoms with Crippen LogP contribution in [-0.2, 0) is 0 Å². The predicted molar refractivity (Wildman–Crippen MR) is 54.9 cm³/mol. The van der Waals surface area contributed by atoms with Crippen LogP contribution >= 0.6 is 0 Å². The molecule has 0 amide bonds. The van der Waals surface area contributed by atoms with Crippen LogP contribution in [0, 0.1) is 0 Å². The number of benzene rings is 1.